The second-order valence-corrected chi connectivity index (χ2v) is 10.9. The molecule has 2 aliphatic rings. The summed E-state index contributed by atoms with van der Waals surface area (Å²) in [6.07, 6.45) is 8.69. The molecule has 1 saturated carbocycles. The molecule has 1 aliphatic carbocycles. The first-order valence-corrected chi connectivity index (χ1v) is 13.7. The maximum atomic E-state index is 15.0. The number of carbonyl (C=O) groups excluding carboxylic acids is 2. The molecule has 0 radical (unpaired) electrons. The number of carbonyl (C=O) groups is 2. The molecular weight excluding hydrogens is 535 g/mol. The predicted molar refractivity (Wildman–Crippen MR) is 150 cm³/mol. The van der Waals surface area contributed by atoms with Crippen molar-refractivity contribution in [2.24, 2.45) is 11.7 Å². The Balaban J connectivity index is 1.37. The number of anilines is 2. The number of nitrogens with two attached hydrogens (primary N) is 1. The van der Waals surface area contributed by atoms with E-state index in [-0.39, 0.29) is 30.6 Å². The Labute approximate surface area is 237 Å². The van der Waals surface area contributed by atoms with Gasteiger partial charge in [0.1, 0.15) is 17.7 Å². The fraction of sp³-hybridized carbons (Fsp3) is 0.379. The Morgan fingerprint density at radius 3 is 2.60 bits per heavy atom. The van der Waals surface area contributed by atoms with Crippen LogP contribution in [-0.4, -0.2) is 52.6 Å². The van der Waals surface area contributed by atoms with Crippen LogP contribution in [0.1, 0.15) is 43.2 Å². The van der Waals surface area contributed by atoms with Crippen LogP contribution in [0.2, 0.25) is 5.02 Å². The lowest BCUT2D eigenvalue weighted by molar-refractivity contribution is -0.119. The molecule has 5 rings (SSSR count). The number of pyridine rings is 2. The fourth-order valence-corrected chi connectivity index (χ4v) is 5.24. The molecule has 11 heteroatoms. The lowest BCUT2D eigenvalue weighted by Crippen LogP contribution is -2.45. The van der Waals surface area contributed by atoms with Crippen molar-refractivity contribution in [1.29, 1.82) is 0 Å². The summed E-state index contributed by atoms with van der Waals surface area (Å²) in [6, 6.07) is 10.0. The largest absolute Gasteiger partial charge is 0.380 e. The van der Waals surface area contributed by atoms with Gasteiger partial charge in [-0.3, -0.25) is 15.1 Å². The summed E-state index contributed by atoms with van der Waals surface area (Å²) >= 11 is 5.88. The number of urea groups is 1. The minimum absolute atomic E-state index is 0.00149. The number of benzene rings is 1. The number of nitrogens with zero attached hydrogens (tertiary/aromatic N) is 3. The second kappa shape index (κ2) is 11.9. The molecule has 1 aliphatic heterocycles. The number of nitrogens with one attached hydrogen (secondary N) is 2. The average molecular weight is 567 g/mol. The van der Waals surface area contributed by atoms with Crippen LogP contribution in [-0.2, 0) is 15.1 Å². The molecule has 3 heterocycles. The number of hydrogen-bond donors (Lipinski definition) is 3. The molecule has 0 bridgehead atoms. The van der Waals surface area contributed by atoms with Gasteiger partial charge in [-0.15, -0.1) is 0 Å². The zero-order valence-corrected chi connectivity index (χ0v) is 22.9. The summed E-state index contributed by atoms with van der Waals surface area (Å²) in [4.78, 5) is 36.1. The Hall–Kier alpha value is -3.60. The van der Waals surface area contributed by atoms with Crippen LogP contribution in [0.25, 0.3) is 0 Å². The van der Waals surface area contributed by atoms with Crippen LogP contribution in [0.4, 0.5) is 20.7 Å². The lowest BCUT2D eigenvalue weighted by Gasteiger charge is -2.31. The van der Waals surface area contributed by atoms with E-state index in [9.17, 15) is 9.59 Å². The van der Waals surface area contributed by atoms with Crippen LogP contribution in [0.3, 0.4) is 0 Å². The molecule has 210 valence electrons. The molecular formula is C29H32ClFN6O3. The number of methoxy groups -OCH3 is 1. The normalized spacial score (nSPS) is 20.1. The van der Waals surface area contributed by atoms with Crippen LogP contribution in [0, 0.1) is 11.7 Å². The van der Waals surface area contributed by atoms with E-state index in [1.165, 1.54) is 37.1 Å². The number of halogens is 2. The van der Waals surface area contributed by atoms with E-state index in [1.54, 1.807) is 36.7 Å². The van der Waals surface area contributed by atoms with Gasteiger partial charge in [-0.25, -0.2) is 14.2 Å². The van der Waals surface area contributed by atoms with Crippen LogP contribution < -0.4 is 16.4 Å². The van der Waals surface area contributed by atoms with E-state index in [4.69, 9.17) is 22.1 Å². The quantitative estimate of drug-likeness (QED) is 0.338. The number of rotatable bonds is 9. The summed E-state index contributed by atoms with van der Waals surface area (Å²) in [6.45, 7) is 0.186. The first kappa shape index (κ1) is 27.9. The number of amides is 3. The molecule has 2 unspecified atom stereocenters. The SMILES string of the molecule is COC1CC(C(=O)Nc2cc([C@@](N)(CCC3CC3)c3ccncc3)ccc2F)N(C(=O)Nc2ccc(Cl)cn2)C1. The molecule has 3 atom stereocenters. The van der Waals surface area contributed by atoms with Gasteiger partial charge in [0.2, 0.25) is 5.91 Å². The Morgan fingerprint density at radius 2 is 1.93 bits per heavy atom. The summed E-state index contributed by atoms with van der Waals surface area (Å²) < 4.78 is 20.5. The smallest absolute Gasteiger partial charge is 0.323 e. The summed E-state index contributed by atoms with van der Waals surface area (Å²) in [5, 5.41) is 5.81. The molecule has 40 heavy (non-hydrogen) atoms. The molecule has 3 aromatic rings. The van der Waals surface area contributed by atoms with E-state index < -0.39 is 29.3 Å². The van der Waals surface area contributed by atoms with Crippen LogP contribution in [0.5, 0.6) is 0 Å². The third kappa shape index (κ3) is 6.24. The lowest BCUT2D eigenvalue weighted by atomic mass is 9.79. The minimum atomic E-state index is -0.891. The minimum Gasteiger partial charge on any atom is -0.380 e. The van der Waals surface area contributed by atoms with E-state index in [1.807, 2.05) is 12.1 Å². The molecule has 4 N–H and O–H groups in total. The van der Waals surface area contributed by atoms with Crippen molar-refractivity contribution in [3.05, 3.63) is 83.0 Å². The summed E-state index contributed by atoms with van der Waals surface area (Å²) in [7, 11) is 1.52. The summed E-state index contributed by atoms with van der Waals surface area (Å²) in [5.74, 6) is -0.186. The third-order valence-corrected chi connectivity index (χ3v) is 7.92. The van der Waals surface area contributed by atoms with Crippen molar-refractivity contribution in [2.45, 2.75) is 49.8 Å². The first-order valence-electron chi connectivity index (χ1n) is 13.3. The van der Waals surface area contributed by atoms with Crippen molar-refractivity contribution >= 4 is 35.0 Å². The maximum absolute atomic E-state index is 15.0. The van der Waals surface area contributed by atoms with Gasteiger partial charge >= 0.3 is 6.03 Å². The highest BCUT2D eigenvalue weighted by Crippen LogP contribution is 2.40. The third-order valence-electron chi connectivity index (χ3n) is 7.70. The van der Waals surface area contributed by atoms with Crippen LogP contribution in [0.15, 0.2) is 61.1 Å². The molecule has 0 spiro atoms. The van der Waals surface area contributed by atoms with Gasteiger partial charge in [0.15, 0.2) is 0 Å². The first-order chi connectivity index (χ1) is 19.3. The zero-order valence-electron chi connectivity index (χ0n) is 22.1. The molecule has 1 aromatic carbocycles. The molecule has 2 fully saturated rings. The standard InChI is InChI=1S/C29H32ClFN6O3/c1-40-22-15-25(37(17-22)28(39)36-26-7-5-21(30)16-34-26)27(38)35-24-14-20(4-6-23(24)31)29(32,11-8-18-2-3-18)19-9-12-33-13-10-19/h4-7,9-10,12-14,16,18,22,25H,2-3,8,11,15,17,32H2,1H3,(H,35,38)(H,34,36,39)/t22?,25?,29-/m1/s1. The average Bonchev–Trinajstić information content (AvgIpc) is 3.70. The maximum Gasteiger partial charge on any atom is 0.323 e. The number of likely N-dealkylation sites (tertiary alicyclic amines) is 1. The topological polar surface area (TPSA) is 122 Å². The molecule has 1 saturated heterocycles. The highest BCUT2D eigenvalue weighted by molar-refractivity contribution is 6.30. The number of hydrogen-bond acceptors (Lipinski definition) is 6. The second-order valence-electron chi connectivity index (χ2n) is 10.4. The van der Waals surface area contributed by atoms with Gasteiger partial charge in [0, 0.05) is 38.7 Å². The fourth-order valence-electron chi connectivity index (χ4n) is 5.13. The Morgan fingerprint density at radius 1 is 1.15 bits per heavy atom. The van der Waals surface area contributed by atoms with Crippen molar-refractivity contribution in [3.8, 4) is 0 Å². The molecule has 3 amide bonds. The van der Waals surface area contributed by atoms with Crippen molar-refractivity contribution < 1.29 is 18.7 Å². The Bertz CT molecular complexity index is 1360. The van der Waals surface area contributed by atoms with Gasteiger partial charge in [-0.2, -0.15) is 0 Å². The predicted octanol–water partition coefficient (Wildman–Crippen LogP) is 4.92. The van der Waals surface area contributed by atoms with E-state index in [0.29, 0.717) is 22.9 Å². The number of aromatic nitrogens is 2. The van der Waals surface area contributed by atoms with Gasteiger partial charge in [-0.1, -0.05) is 30.5 Å². The van der Waals surface area contributed by atoms with E-state index in [0.717, 1.165) is 12.0 Å². The highest BCUT2D eigenvalue weighted by Gasteiger charge is 2.40. The monoisotopic (exact) mass is 566 g/mol. The molecule has 9 nitrogen and oxygen atoms in total. The van der Waals surface area contributed by atoms with Gasteiger partial charge in [-0.05, 0) is 66.3 Å². The van der Waals surface area contributed by atoms with Crippen molar-refractivity contribution in [2.75, 3.05) is 24.3 Å². The van der Waals surface area contributed by atoms with Gasteiger partial charge in [0.25, 0.3) is 0 Å². The summed E-state index contributed by atoms with van der Waals surface area (Å²) in [5.41, 5.74) is 7.68. The van der Waals surface area contributed by atoms with E-state index >= 15 is 4.39 Å². The molecule has 2 aromatic heterocycles. The van der Waals surface area contributed by atoms with Gasteiger partial charge in [0.05, 0.1) is 22.4 Å². The van der Waals surface area contributed by atoms with Gasteiger partial charge < -0.3 is 20.7 Å². The van der Waals surface area contributed by atoms with Crippen LogP contribution >= 0.6 is 11.6 Å². The van der Waals surface area contributed by atoms with E-state index in [2.05, 4.69) is 20.6 Å². The van der Waals surface area contributed by atoms with Crippen molar-refractivity contribution in [1.82, 2.24) is 14.9 Å². The highest BCUT2D eigenvalue weighted by atomic mass is 35.5. The van der Waals surface area contributed by atoms with Crippen molar-refractivity contribution in [3.63, 3.8) is 0 Å². The Kier molecular flexibility index (Phi) is 8.30. The number of ether oxygens (including phenoxy) is 1. The zero-order chi connectivity index (χ0) is 28.3.